The lowest BCUT2D eigenvalue weighted by atomic mass is 9.95. The number of rotatable bonds is 11. The summed E-state index contributed by atoms with van der Waals surface area (Å²) in [4.78, 5) is 23.6. The van der Waals surface area contributed by atoms with Gasteiger partial charge >= 0.3 is 0 Å². The molecule has 1 aromatic carbocycles. The van der Waals surface area contributed by atoms with Crippen LogP contribution in [0.3, 0.4) is 0 Å². The molecule has 2 aromatic rings. The highest BCUT2D eigenvalue weighted by Gasteiger charge is 2.49. The van der Waals surface area contributed by atoms with Crippen molar-refractivity contribution in [2.45, 2.75) is 82.8 Å². The van der Waals surface area contributed by atoms with Crippen LogP contribution in [0.4, 0.5) is 5.69 Å². The number of aryl methyl sites for hydroxylation is 2. The van der Waals surface area contributed by atoms with Crippen molar-refractivity contribution in [3.8, 4) is 0 Å². The summed E-state index contributed by atoms with van der Waals surface area (Å²) in [6, 6.07) is 8.15. The highest BCUT2D eigenvalue weighted by atomic mass is 28.4. The number of nitrogens with zero attached hydrogens (tertiary/aromatic N) is 3. The minimum Gasteiger partial charge on any atom is -0.432 e. The van der Waals surface area contributed by atoms with E-state index in [9.17, 15) is 9.59 Å². The van der Waals surface area contributed by atoms with Crippen LogP contribution in [0.5, 0.6) is 0 Å². The first-order chi connectivity index (χ1) is 17.7. The van der Waals surface area contributed by atoms with E-state index in [1.165, 1.54) is 5.56 Å². The van der Waals surface area contributed by atoms with E-state index in [0.29, 0.717) is 13.0 Å². The lowest BCUT2D eigenvalue weighted by molar-refractivity contribution is -0.120. The highest BCUT2D eigenvalue weighted by Crippen LogP contribution is 2.45. The third kappa shape index (κ3) is 7.48. The monoisotopic (exact) mass is 529 g/mol. The second kappa shape index (κ2) is 12.6. The Morgan fingerprint density at radius 3 is 2.68 bits per heavy atom. The molecule has 2 aliphatic rings. The van der Waals surface area contributed by atoms with Crippen LogP contribution in [0, 0.1) is 11.8 Å². The molecular formula is C27H43N5O4Si. The van der Waals surface area contributed by atoms with Crippen LogP contribution in [0.15, 0.2) is 30.5 Å². The summed E-state index contributed by atoms with van der Waals surface area (Å²) in [6.45, 7) is 8.72. The predicted molar refractivity (Wildman–Crippen MR) is 146 cm³/mol. The molecule has 0 aliphatic carbocycles. The molecule has 2 fully saturated rings. The van der Waals surface area contributed by atoms with Gasteiger partial charge in [-0.05, 0) is 75.4 Å². The number of carbonyl (C=O) groups is 1. The fourth-order valence-electron chi connectivity index (χ4n) is 6.00. The fraction of sp³-hybridized carbons (Fsp3) is 0.667. The summed E-state index contributed by atoms with van der Waals surface area (Å²) < 4.78 is 8.37. The van der Waals surface area contributed by atoms with Crippen molar-refractivity contribution in [2.24, 2.45) is 11.8 Å². The third-order valence-electron chi connectivity index (χ3n) is 7.92. The van der Waals surface area contributed by atoms with Crippen molar-refractivity contribution in [3.05, 3.63) is 41.7 Å². The Bertz CT molecular complexity index is 1000. The molecule has 2 saturated heterocycles. The summed E-state index contributed by atoms with van der Waals surface area (Å²) in [7, 11) is -2.43. The van der Waals surface area contributed by atoms with Gasteiger partial charge in [0.25, 0.3) is 0 Å². The maximum Gasteiger partial charge on any atom is 0.228 e. The topological polar surface area (TPSA) is 122 Å². The lowest BCUT2D eigenvalue weighted by Crippen LogP contribution is -2.40. The summed E-state index contributed by atoms with van der Waals surface area (Å²) >= 11 is 0. The van der Waals surface area contributed by atoms with Crippen LogP contribution in [0.1, 0.15) is 43.9 Å². The van der Waals surface area contributed by atoms with E-state index in [1.54, 1.807) is 4.68 Å². The van der Waals surface area contributed by atoms with Crippen LogP contribution in [0.2, 0.25) is 18.6 Å². The first kappa shape index (κ1) is 27.9. The zero-order valence-electron chi connectivity index (χ0n) is 22.4. The molecule has 0 bridgehead atoms. The van der Waals surface area contributed by atoms with Gasteiger partial charge in [-0.2, -0.15) is 0 Å². The van der Waals surface area contributed by atoms with Gasteiger partial charge in [0.1, 0.15) is 0 Å². The van der Waals surface area contributed by atoms with E-state index >= 15 is 0 Å². The van der Waals surface area contributed by atoms with Gasteiger partial charge in [0.2, 0.25) is 5.91 Å². The predicted octanol–water partition coefficient (Wildman–Crippen LogP) is 2.75. The molecule has 0 spiro atoms. The number of aliphatic hydroxyl groups is 1. The average Bonchev–Trinajstić information content (AvgIpc) is 3.46. The number of amides is 1. The molecule has 37 heavy (non-hydrogen) atoms. The van der Waals surface area contributed by atoms with Crippen molar-refractivity contribution in [1.29, 1.82) is 0 Å². The van der Waals surface area contributed by atoms with Crippen LogP contribution in [0.25, 0.3) is 0 Å². The summed E-state index contributed by atoms with van der Waals surface area (Å²) in [5.41, 5.74) is 3.00. The largest absolute Gasteiger partial charge is 0.432 e. The molecule has 4 N–H and O–H groups in total. The molecule has 10 heteroatoms. The lowest BCUT2D eigenvalue weighted by Gasteiger charge is -2.30. The van der Waals surface area contributed by atoms with Gasteiger partial charge < -0.3 is 25.3 Å². The standard InChI is InChI=1S/C27H43N5O4Si/c1-19-24(11-8-20-6-9-22(10-7-20)29-27(34)21-5-4-14-28-17-21)36-25(26(19)37(2,3)35)12-15-32-18-23(13-16-33)30-31-32/h6-7,9-10,18-19,21,24-26,28,33,35H,4-5,8,11-17H2,1-3H3,(H,29,34)/t19-,21?,24+,25-,26+/m0/s1. The molecule has 204 valence electrons. The second-order valence-electron chi connectivity index (χ2n) is 11.3. The maximum absolute atomic E-state index is 12.5. The van der Waals surface area contributed by atoms with E-state index in [4.69, 9.17) is 9.84 Å². The van der Waals surface area contributed by atoms with Crippen LogP contribution in [-0.4, -0.2) is 71.0 Å². The number of ether oxygens (including phenoxy) is 1. The molecule has 5 atom stereocenters. The van der Waals surface area contributed by atoms with Gasteiger partial charge in [0.15, 0.2) is 8.32 Å². The smallest absolute Gasteiger partial charge is 0.228 e. The number of piperidine rings is 1. The third-order valence-corrected chi connectivity index (χ3v) is 10.5. The molecule has 0 saturated carbocycles. The number of nitrogens with one attached hydrogen (secondary N) is 2. The van der Waals surface area contributed by atoms with Gasteiger partial charge in [-0.25, -0.2) is 0 Å². The van der Waals surface area contributed by atoms with Gasteiger partial charge in [-0.15, -0.1) is 5.10 Å². The normalized spacial score (nSPS) is 26.4. The Balaban J connectivity index is 1.30. The Kier molecular flexibility index (Phi) is 9.52. The Morgan fingerprint density at radius 2 is 2.00 bits per heavy atom. The number of benzene rings is 1. The summed E-state index contributed by atoms with van der Waals surface area (Å²) in [6.07, 6.45) is 6.99. The van der Waals surface area contributed by atoms with E-state index < -0.39 is 8.32 Å². The Hall–Kier alpha value is -2.11. The molecular weight excluding hydrogens is 486 g/mol. The molecule has 4 rings (SSSR count). The fourth-order valence-corrected chi connectivity index (χ4v) is 8.66. The van der Waals surface area contributed by atoms with Gasteiger partial charge in [-0.1, -0.05) is 24.3 Å². The number of hydrogen-bond acceptors (Lipinski definition) is 7. The first-order valence-corrected chi connectivity index (χ1v) is 16.7. The molecule has 1 unspecified atom stereocenters. The van der Waals surface area contributed by atoms with Crippen molar-refractivity contribution in [3.63, 3.8) is 0 Å². The van der Waals surface area contributed by atoms with Crippen molar-refractivity contribution < 1.29 is 19.4 Å². The quantitative estimate of drug-likeness (QED) is 0.330. The number of carbonyl (C=O) groups excluding carboxylic acids is 1. The van der Waals surface area contributed by atoms with E-state index in [0.717, 1.165) is 56.6 Å². The molecule has 9 nitrogen and oxygen atoms in total. The zero-order chi connectivity index (χ0) is 26.4. The molecule has 0 radical (unpaired) electrons. The van der Waals surface area contributed by atoms with Crippen LogP contribution >= 0.6 is 0 Å². The first-order valence-electron chi connectivity index (χ1n) is 13.7. The number of aliphatic hydroxyl groups excluding tert-OH is 1. The number of anilines is 1. The SMILES string of the molecule is C[C@@H]1[C@@H]([Si](C)(C)O)[C@H](CCn2cc(CCO)nn2)O[C@@H]1CCc1ccc(NC(=O)C2CCCNC2)cc1. The molecule has 1 amide bonds. The summed E-state index contributed by atoms with van der Waals surface area (Å²) in [5.74, 6) is 0.415. The Labute approximate surface area is 221 Å². The minimum atomic E-state index is -2.43. The van der Waals surface area contributed by atoms with E-state index in [-0.39, 0.29) is 42.1 Å². The van der Waals surface area contributed by atoms with Crippen LogP contribution < -0.4 is 10.6 Å². The van der Waals surface area contributed by atoms with Crippen LogP contribution in [-0.2, 0) is 28.9 Å². The molecule has 2 aliphatic heterocycles. The highest BCUT2D eigenvalue weighted by molar-refractivity contribution is 6.71. The Morgan fingerprint density at radius 1 is 1.22 bits per heavy atom. The minimum absolute atomic E-state index is 0.0102. The van der Waals surface area contributed by atoms with Gasteiger partial charge in [-0.3, -0.25) is 9.48 Å². The maximum atomic E-state index is 12.5. The molecule has 1 aromatic heterocycles. The van der Waals surface area contributed by atoms with E-state index in [1.807, 2.05) is 31.4 Å². The van der Waals surface area contributed by atoms with Gasteiger partial charge in [0.05, 0.1) is 23.8 Å². The number of aromatic nitrogens is 3. The van der Waals surface area contributed by atoms with Crippen molar-refractivity contribution in [2.75, 3.05) is 25.0 Å². The van der Waals surface area contributed by atoms with Gasteiger partial charge in [0, 0.05) is 43.5 Å². The number of hydrogen-bond donors (Lipinski definition) is 4. The van der Waals surface area contributed by atoms with E-state index in [2.05, 4.69) is 40.0 Å². The van der Waals surface area contributed by atoms with Crippen molar-refractivity contribution >= 4 is 19.9 Å². The second-order valence-corrected chi connectivity index (χ2v) is 15.2. The molecule has 3 heterocycles. The summed E-state index contributed by atoms with van der Waals surface area (Å²) in [5, 5.41) is 23.7. The average molecular weight is 530 g/mol. The van der Waals surface area contributed by atoms with Crippen molar-refractivity contribution in [1.82, 2.24) is 20.3 Å². The zero-order valence-corrected chi connectivity index (χ0v) is 23.4.